The number of amides is 2. The molecule has 0 radical (unpaired) electrons. The van der Waals surface area contributed by atoms with Crippen molar-refractivity contribution in [2.75, 3.05) is 33.6 Å². The summed E-state index contributed by atoms with van der Waals surface area (Å²) in [5.41, 5.74) is 0.674. The summed E-state index contributed by atoms with van der Waals surface area (Å²) in [6.07, 6.45) is 1.21. The largest absolute Gasteiger partial charge is 0.493 e. The third-order valence-corrected chi connectivity index (χ3v) is 5.30. The van der Waals surface area contributed by atoms with Crippen molar-refractivity contribution >= 4 is 28.8 Å². The standard InChI is InChI=1S/C21H24N4O5S/c1-25(2)21(27)13-11-15(28-3)16(29-4)12-14(13)22-18(26)8-5-9-19-23-20(24-30-19)17-7-6-10-31-17/h6-7,10-12H,5,8-9H2,1-4H3,(H,22,26). The molecule has 3 aromatic rings. The Labute approximate surface area is 184 Å². The molecule has 3 rings (SSSR count). The predicted octanol–water partition coefficient (Wildman–Crippen LogP) is 3.48. The monoisotopic (exact) mass is 444 g/mol. The molecule has 1 N–H and O–H groups in total. The molecule has 0 spiro atoms. The van der Waals surface area contributed by atoms with Gasteiger partial charge in [0.15, 0.2) is 11.5 Å². The van der Waals surface area contributed by atoms with Crippen molar-refractivity contribution in [2.45, 2.75) is 19.3 Å². The van der Waals surface area contributed by atoms with Crippen LogP contribution in [0.5, 0.6) is 11.5 Å². The van der Waals surface area contributed by atoms with Gasteiger partial charge in [-0.05, 0) is 23.9 Å². The number of carbonyl (C=O) groups excluding carboxylic acids is 2. The third-order valence-electron chi connectivity index (χ3n) is 4.44. The van der Waals surface area contributed by atoms with E-state index in [1.807, 2.05) is 17.5 Å². The second-order valence-electron chi connectivity index (χ2n) is 6.84. The van der Waals surface area contributed by atoms with Gasteiger partial charge >= 0.3 is 0 Å². The Bertz CT molecular complexity index is 1050. The maximum Gasteiger partial charge on any atom is 0.255 e. The first-order valence-electron chi connectivity index (χ1n) is 9.57. The number of methoxy groups -OCH3 is 2. The number of nitrogens with one attached hydrogen (secondary N) is 1. The normalized spacial score (nSPS) is 10.6. The number of nitrogens with zero attached hydrogens (tertiary/aromatic N) is 3. The Morgan fingerprint density at radius 1 is 1.19 bits per heavy atom. The molecule has 0 aliphatic rings. The SMILES string of the molecule is COc1cc(NC(=O)CCCc2nc(-c3cccs3)no2)c(C(=O)N(C)C)cc1OC. The van der Waals surface area contributed by atoms with E-state index < -0.39 is 0 Å². The van der Waals surface area contributed by atoms with Crippen LogP contribution in [-0.4, -0.2) is 55.2 Å². The molecule has 0 aliphatic heterocycles. The van der Waals surface area contributed by atoms with Crippen LogP contribution < -0.4 is 14.8 Å². The smallest absolute Gasteiger partial charge is 0.255 e. The number of anilines is 1. The fourth-order valence-electron chi connectivity index (χ4n) is 2.88. The van der Waals surface area contributed by atoms with Crippen LogP contribution in [0.1, 0.15) is 29.1 Å². The van der Waals surface area contributed by atoms with Crippen LogP contribution in [0.25, 0.3) is 10.7 Å². The molecule has 2 heterocycles. The zero-order valence-corrected chi connectivity index (χ0v) is 18.6. The Balaban J connectivity index is 1.64. The molecule has 0 aliphatic carbocycles. The van der Waals surface area contributed by atoms with Gasteiger partial charge in [-0.25, -0.2) is 0 Å². The zero-order valence-electron chi connectivity index (χ0n) is 17.8. The lowest BCUT2D eigenvalue weighted by molar-refractivity contribution is -0.116. The lowest BCUT2D eigenvalue weighted by Gasteiger charge is -2.18. The van der Waals surface area contributed by atoms with Crippen LogP contribution in [0.2, 0.25) is 0 Å². The molecule has 31 heavy (non-hydrogen) atoms. The number of aromatic nitrogens is 2. The van der Waals surface area contributed by atoms with Crippen molar-refractivity contribution in [3.63, 3.8) is 0 Å². The highest BCUT2D eigenvalue weighted by Gasteiger charge is 2.20. The van der Waals surface area contributed by atoms with Crippen LogP contribution in [0.3, 0.4) is 0 Å². The van der Waals surface area contributed by atoms with E-state index in [9.17, 15) is 9.59 Å². The molecular weight excluding hydrogens is 420 g/mol. The number of ether oxygens (including phenoxy) is 2. The molecular formula is C21H24N4O5S. The van der Waals surface area contributed by atoms with Crippen LogP contribution in [-0.2, 0) is 11.2 Å². The highest BCUT2D eigenvalue weighted by Crippen LogP contribution is 2.34. The fraction of sp³-hybridized carbons (Fsp3) is 0.333. The molecule has 0 bridgehead atoms. The number of thiophene rings is 1. The first kappa shape index (κ1) is 22.3. The molecule has 164 valence electrons. The van der Waals surface area contributed by atoms with E-state index in [2.05, 4.69) is 15.5 Å². The van der Waals surface area contributed by atoms with Gasteiger partial charge in [-0.3, -0.25) is 9.59 Å². The van der Waals surface area contributed by atoms with E-state index in [1.165, 1.54) is 30.5 Å². The van der Waals surface area contributed by atoms with E-state index in [0.29, 0.717) is 47.3 Å². The molecule has 2 amide bonds. The average Bonchev–Trinajstić information content (AvgIpc) is 3.44. The Kier molecular flexibility index (Phi) is 7.24. The molecule has 0 saturated carbocycles. The average molecular weight is 445 g/mol. The molecule has 0 unspecified atom stereocenters. The van der Waals surface area contributed by atoms with Crippen molar-refractivity contribution in [1.29, 1.82) is 0 Å². The van der Waals surface area contributed by atoms with E-state index in [4.69, 9.17) is 14.0 Å². The van der Waals surface area contributed by atoms with E-state index >= 15 is 0 Å². The quantitative estimate of drug-likeness (QED) is 0.538. The number of benzene rings is 1. The van der Waals surface area contributed by atoms with Crippen molar-refractivity contribution in [3.05, 3.63) is 41.1 Å². The van der Waals surface area contributed by atoms with Gasteiger partial charge in [-0.15, -0.1) is 11.3 Å². The van der Waals surface area contributed by atoms with Gasteiger partial charge in [0.05, 0.1) is 30.3 Å². The maximum absolute atomic E-state index is 12.6. The van der Waals surface area contributed by atoms with E-state index in [-0.39, 0.29) is 18.2 Å². The van der Waals surface area contributed by atoms with Crippen LogP contribution in [0.15, 0.2) is 34.2 Å². The van der Waals surface area contributed by atoms with E-state index in [1.54, 1.807) is 26.2 Å². The van der Waals surface area contributed by atoms with Gasteiger partial charge in [-0.2, -0.15) is 4.98 Å². The van der Waals surface area contributed by atoms with Gasteiger partial charge in [0.25, 0.3) is 5.91 Å². The first-order valence-corrected chi connectivity index (χ1v) is 10.4. The zero-order chi connectivity index (χ0) is 22.4. The first-order chi connectivity index (χ1) is 14.9. The molecule has 0 atom stereocenters. The predicted molar refractivity (Wildman–Crippen MR) is 117 cm³/mol. The van der Waals surface area contributed by atoms with Gasteiger partial charge in [-0.1, -0.05) is 11.2 Å². The van der Waals surface area contributed by atoms with Gasteiger partial charge in [0.2, 0.25) is 17.6 Å². The molecule has 2 aromatic heterocycles. The lowest BCUT2D eigenvalue weighted by atomic mass is 10.1. The summed E-state index contributed by atoms with van der Waals surface area (Å²) >= 11 is 1.53. The molecule has 10 heteroatoms. The minimum absolute atomic E-state index is 0.223. The third kappa shape index (κ3) is 5.40. The summed E-state index contributed by atoms with van der Waals surface area (Å²) in [5.74, 6) is 1.35. The van der Waals surface area contributed by atoms with E-state index in [0.717, 1.165) is 4.88 Å². The van der Waals surface area contributed by atoms with Crippen LogP contribution >= 0.6 is 11.3 Å². The summed E-state index contributed by atoms with van der Waals surface area (Å²) in [6.45, 7) is 0. The Morgan fingerprint density at radius 3 is 2.58 bits per heavy atom. The summed E-state index contributed by atoms with van der Waals surface area (Å²) in [5, 5.41) is 8.71. The van der Waals surface area contributed by atoms with Gasteiger partial charge < -0.3 is 24.2 Å². The van der Waals surface area contributed by atoms with Crippen molar-refractivity contribution in [1.82, 2.24) is 15.0 Å². The van der Waals surface area contributed by atoms with Crippen molar-refractivity contribution in [3.8, 4) is 22.2 Å². The highest BCUT2D eigenvalue weighted by molar-refractivity contribution is 7.13. The van der Waals surface area contributed by atoms with Crippen LogP contribution in [0, 0.1) is 0 Å². The molecule has 1 aromatic carbocycles. The van der Waals surface area contributed by atoms with Gasteiger partial charge in [0, 0.05) is 33.0 Å². The molecule has 0 fully saturated rings. The second kappa shape index (κ2) is 10.1. The number of hydrogen-bond acceptors (Lipinski definition) is 8. The lowest BCUT2D eigenvalue weighted by Crippen LogP contribution is -2.24. The minimum Gasteiger partial charge on any atom is -0.493 e. The molecule has 9 nitrogen and oxygen atoms in total. The summed E-state index contributed by atoms with van der Waals surface area (Å²) in [7, 11) is 6.26. The molecule has 0 saturated heterocycles. The van der Waals surface area contributed by atoms with Gasteiger partial charge in [0.1, 0.15) is 0 Å². The van der Waals surface area contributed by atoms with Crippen LogP contribution in [0.4, 0.5) is 5.69 Å². The minimum atomic E-state index is -0.261. The maximum atomic E-state index is 12.6. The van der Waals surface area contributed by atoms with Crippen molar-refractivity contribution in [2.24, 2.45) is 0 Å². The Morgan fingerprint density at radius 2 is 1.94 bits per heavy atom. The highest BCUT2D eigenvalue weighted by atomic mass is 32.1. The number of carbonyl (C=O) groups is 2. The fourth-order valence-corrected chi connectivity index (χ4v) is 3.52. The Hall–Kier alpha value is -3.40. The number of rotatable bonds is 9. The second-order valence-corrected chi connectivity index (χ2v) is 7.79. The van der Waals surface area contributed by atoms with Crippen molar-refractivity contribution < 1.29 is 23.6 Å². The summed E-state index contributed by atoms with van der Waals surface area (Å²) in [6, 6.07) is 6.98. The number of aryl methyl sites for hydroxylation is 1. The summed E-state index contributed by atoms with van der Waals surface area (Å²) < 4.78 is 15.8. The summed E-state index contributed by atoms with van der Waals surface area (Å²) in [4.78, 5) is 31.8. The number of hydrogen-bond donors (Lipinski definition) is 1. The topological polar surface area (TPSA) is 107 Å².